The lowest BCUT2D eigenvalue weighted by molar-refractivity contribution is 0.330. The molecule has 1 aliphatic rings. The van der Waals surface area contributed by atoms with Crippen LogP contribution in [0.5, 0.6) is 0 Å². The molecule has 0 amide bonds. The minimum atomic E-state index is 0.607. The van der Waals surface area contributed by atoms with Gasteiger partial charge in [-0.05, 0) is 73.9 Å². The number of benzene rings is 2. The van der Waals surface area contributed by atoms with E-state index in [1.165, 1.54) is 37.1 Å². The maximum absolute atomic E-state index is 6.16. The van der Waals surface area contributed by atoms with Gasteiger partial charge in [-0.1, -0.05) is 41.9 Å². The van der Waals surface area contributed by atoms with Gasteiger partial charge in [0.25, 0.3) is 0 Å². The molecular formula is C20H24ClN3S. The Balaban J connectivity index is 1.57. The van der Waals surface area contributed by atoms with E-state index in [2.05, 4.69) is 39.8 Å². The number of hydrogen-bond donors (Lipinski definition) is 2. The van der Waals surface area contributed by atoms with Crippen molar-refractivity contribution in [3.05, 3.63) is 64.2 Å². The summed E-state index contributed by atoms with van der Waals surface area (Å²) in [5.41, 5.74) is 4.62. The highest BCUT2D eigenvalue weighted by Crippen LogP contribution is 2.20. The van der Waals surface area contributed by atoms with E-state index in [0.29, 0.717) is 5.11 Å². The van der Waals surface area contributed by atoms with Crippen LogP contribution in [0.2, 0.25) is 5.02 Å². The van der Waals surface area contributed by atoms with Gasteiger partial charge in [-0.3, -0.25) is 4.90 Å². The van der Waals surface area contributed by atoms with Gasteiger partial charge in [0.15, 0.2) is 5.11 Å². The van der Waals surface area contributed by atoms with Gasteiger partial charge in [0.2, 0.25) is 0 Å². The lowest BCUT2D eigenvalue weighted by atomic mass is 10.1. The molecular weight excluding hydrogens is 350 g/mol. The van der Waals surface area contributed by atoms with Gasteiger partial charge < -0.3 is 10.6 Å². The van der Waals surface area contributed by atoms with E-state index in [9.17, 15) is 0 Å². The van der Waals surface area contributed by atoms with Crippen molar-refractivity contribution in [2.45, 2.75) is 32.9 Å². The molecule has 5 heteroatoms. The molecule has 0 atom stereocenters. The Morgan fingerprint density at radius 2 is 1.84 bits per heavy atom. The zero-order chi connectivity index (χ0) is 17.6. The molecule has 0 bridgehead atoms. The molecule has 0 aliphatic carbocycles. The fourth-order valence-corrected chi connectivity index (χ4v) is 3.46. The number of likely N-dealkylation sites (tertiary alicyclic amines) is 1. The lowest BCUT2D eigenvalue weighted by Crippen LogP contribution is -2.28. The summed E-state index contributed by atoms with van der Waals surface area (Å²) in [5.74, 6) is 0. The summed E-state index contributed by atoms with van der Waals surface area (Å²) >= 11 is 11.6. The highest BCUT2D eigenvalue weighted by Gasteiger charge is 2.13. The summed E-state index contributed by atoms with van der Waals surface area (Å²) in [6.45, 7) is 6.13. The molecule has 25 heavy (non-hydrogen) atoms. The number of thiocarbonyl (C=S) groups is 1. The summed E-state index contributed by atoms with van der Waals surface area (Å²) < 4.78 is 0. The molecule has 0 aromatic heterocycles. The van der Waals surface area contributed by atoms with E-state index in [1.54, 1.807) is 0 Å². The van der Waals surface area contributed by atoms with E-state index < -0.39 is 0 Å². The van der Waals surface area contributed by atoms with Crippen molar-refractivity contribution in [1.82, 2.24) is 10.2 Å². The number of aryl methyl sites for hydroxylation is 1. The Bertz CT molecular complexity index is 741. The number of nitrogens with one attached hydrogen (secondary N) is 2. The predicted octanol–water partition coefficient (Wildman–Crippen LogP) is 4.73. The second-order valence-electron chi connectivity index (χ2n) is 6.52. The maximum Gasteiger partial charge on any atom is 0.171 e. The first-order valence-corrected chi connectivity index (χ1v) is 9.50. The number of hydrogen-bond acceptors (Lipinski definition) is 2. The topological polar surface area (TPSA) is 27.3 Å². The minimum absolute atomic E-state index is 0.607. The van der Waals surface area contributed by atoms with Crippen LogP contribution in [-0.4, -0.2) is 23.1 Å². The molecule has 0 saturated carbocycles. The molecule has 3 rings (SSSR count). The largest absolute Gasteiger partial charge is 0.358 e. The molecule has 2 aromatic carbocycles. The van der Waals surface area contributed by atoms with E-state index in [0.717, 1.165) is 29.4 Å². The Morgan fingerprint density at radius 3 is 2.56 bits per heavy atom. The summed E-state index contributed by atoms with van der Waals surface area (Å²) in [6.07, 6.45) is 2.63. The Hall–Kier alpha value is -1.62. The smallest absolute Gasteiger partial charge is 0.171 e. The molecule has 1 saturated heterocycles. The summed E-state index contributed by atoms with van der Waals surface area (Å²) in [5, 5.41) is 7.85. The van der Waals surface area contributed by atoms with Crippen LogP contribution in [0.1, 0.15) is 29.5 Å². The molecule has 2 N–H and O–H groups in total. The average Bonchev–Trinajstić information content (AvgIpc) is 3.10. The van der Waals surface area contributed by atoms with E-state index in [1.807, 2.05) is 25.1 Å². The normalized spacial score (nSPS) is 14.5. The lowest BCUT2D eigenvalue weighted by Gasteiger charge is -2.18. The van der Waals surface area contributed by atoms with Crippen LogP contribution in [-0.2, 0) is 13.1 Å². The van der Waals surface area contributed by atoms with Crippen LogP contribution in [0, 0.1) is 6.92 Å². The second kappa shape index (κ2) is 8.65. The third-order valence-corrected chi connectivity index (χ3v) is 5.23. The van der Waals surface area contributed by atoms with Crippen molar-refractivity contribution in [3.8, 4) is 0 Å². The van der Waals surface area contributed by atoms with Gasteiger partial charge in [0, 0.05) is 23.8 Å². The van der Waals surface area contributed by atoms with Gasteiger partial charge in [0.1, 0.15) is 0 Å². The standard InChI is InChI=1S/C20H24ClN3S/c1-15-8-9-18(12-19(15)21)23-20(25)22-13-16-6-2-3-7-17(16)14-24-10-4-5-11-24/h2-3,6-9,12H,4-5,10-11,13-14H2,1H3,(H2,22,23,25). The summed E-state index contributed by atoms with van der Waals surface area (Å²) in [7, 11) is 0. The molecule has 0 unspecified atom stereocenters. The highest BCUT2D eigenvalue weighted by atomic mass is 35.5. The molecule has 1 aliphatic heterocycles. The Morgan fingerprint density at radius 1 is 1.12 bits per heavy atom. The fraction of sp³-hybridized carbons (Fsp3) is 0.350. The van der Waals surface area contributed by atoms with Crippen molar-refractivity contribution in [3.63, 3.8) is 0 Å². The minimum Gasteiger partial charge on any atom is -0.358 e. The first-order valence-electron chi connectivity index (χ1n) is 8.72. The van der Waals surface area contributed by atoms with Gasteiger partial charge in [-0.15, -0.1) is 0 Å². The Labute approximate surface area is 160 Å². The van der Waals surface area contributed by atoms with E-state index >= 15 is 0 Å². The van der Waals surface area contributed by atoms with Crippen LogP contribution in [0.15, 0.2) is 42.5 Å². The molecule has 0 spiro atoms. The van der Waals surface area contributed by atoms with Crippen molar-refractivity contribution < 1.29 is 0 Å². The van der Waals surface area contributed by atoms with Gasteiger partial charge in [0.05, 0.1) is 0 Å². The van der Waals surface area contributed by atoms with Gasteiger partial charge >= 0.3 is 0 Å². The van der Waals surface area contributed by atoms with Crippen LogP contribution < -0.4 is 10.6 Å². The van der Waals surface area contributed by atoms with Crippen molar-refractivity contribution in [2.75, 3.05) is 18.4 Å². The molecule has 2 aromatic rings. The monoisotopic (exact) mass is 373 g/mol. The first-order chi connectivity index (χ1) is 12.1. The molecule has 0 radical (unpaired) electrons. The average molecular weight is 374 g/mol. The zero-order valence-electron chi connectivity index (χ0n) is 14.5. The maximum atomic E-state index is 6.16. The van der Waals surface area contributed by atoms with E-state index in [-0.39, 0.29) is 0 Å². The number of rotatable bonds is 5. The predicted molar refractivity (Wildman–Crippen MR) is 110 cm³/mol. The van der Waals surface area contributed by atoms with Crippen molar-refractivity contribution >= 4 is 34.6 Å². The summed E-state index contributed by atoms with van der Waals surface area (Å²) in [4.78, 5) is 2.52. The SMILES string of the molecule is Cc1ccc(NC(=S)NCc2ccccc2CN2CCCC2)cc1Cl. The van der Waals surface area contributed by atoms with E-state index in [4.69, 9.17) is 23.8 Å². The number of nitrogens with zero attached hydrogens (tertiary/aromatic N) is 1. The highest BCUT2D eigenvalue weighted by molar-refractivity contribution is 7.80. The van der Waals surface area contributed by atoms with Crippen LogP contribution >= 0.6 is 23.8 Å². The Kier molecular flexibility index (Phi) is 6.29. The van der Waals surface area contributed by atoms with Gasteiger partial charge in [-0.25, -0.2) is 0 Å². The summed E-state index contributed by atoms with van der Waals surface area (Å²) in [6, 6.07) is 14.4. The first kappa shape index (κ1) is 18.2. The fourth-order valence-electron chi connectivity index (χ4n) is 3.09. The van der Waals surface area contributed by atoms with Crippen molar-refractivity contribution in [2.24, 2.45) is 0 Å². The van der Waals surface area contributed by atoms with Crippen LogP contribution in [0.25, 0.3) is 0 Å². The quantitative estimate of drug-likeness (QED) is 0.741. The van der Waals surface area contributed by atoms with Crippen LogP contribution in [0.3, 0.4) is 0 Å². The molecule has 1 fully saturated rings. The molecule has 132 valence electrons. The number of anilines is 1. The molecule has 1 heterocycles. The molecule has 3 nitrogen and oxygen atoms in total. The van der Waals surface area contributed by atoms with Gasteiger partial charge in [-0.2, -0.15) is 0 Å². The van der Waals surface area contributed by atoms with Crippen molar-refractivity contribution in [1.29, 1.82) is 0 Å². The zero-order valence-corrected chi connectivity index (χ0v) is 16.1. The number of halogens is 1. The third-order valence-electron chi connectivity index (χ3n) is 4.58. The second-order valence-corrected chi connectivity index (χ2v) is 7.34. The van der Waals surface area contributed by atoms with Crippen LogP contribution in [0.4, 0.5) is 5.69 Å². The third kappa shape index (κ3) is 5.18.